The maximum absolute atomic E-state index is 10.4. The molecule has 6 N–H and O–H groups in total. The van der Waals surface area contributed by atoms with E-state index in [1.165, 1.54) is 103 Å². The van der Waals surface area contributed by atoms with Crippen LogP contribution in [0.3, 0.4) is 0 Å². The van der Waals surface area contributed by atoms with Crippen molar-refractivity contribution < 1.29 is 4.79 Å². The van der Waals surface area contributed by atoms with Gasteiger partial charge in [-0.3, -0.25) is 4.79 Å². The van der Waals surface area contributed by atoms with Crippen LogP contribution in [-0.2, 0) is 4.79 Å². The molecule has 2 fully saturated rings. The van der Waals surface area contributed by atoms with Crippen molar-refractivity contribution >= 4 is 5.91 Å². The molecule has 29 heavy (non-hydrogen) atoms. The monoisotopic (exact) mass is 409 g/mol. The minimum absolute atomic E-state index is 0.159. The summed E-state index contributed by atoms with van der Waals surface area (Å²) in [5.41, 5.74) is 16.9. The van der Waals surface area contributed by atoms with E-state index < -0.39 is 0 Å². The Bertz CT molecular complexity index is 366. The van der Waals surface area contributed by atoms with Crippen LogP contribution in [0.15, 0.2) is 0 Å². The van der Waals surface area contributed by atoms with Crippen LogP contribution in [-0.4, -0.2) is 18.0 Å². The predicted molar refractivity (Wildman–Crippen MR) is 126 cm³/mol. The fourth-order valence-corrected chi connectivity index (χ4v) is 4.93. The van der Waals surface area contributed by atoms with Gasteiger partial charge < -0.3 is 17.2 Å². The number of carbonyl (C=O) groups excluding carboxylic acids is 1. The molecule has 0 bridgehead atoms. The molecule has 2 aliphatic carbocycles. The van der Waals surface area contributed by atoms with Crippen LogP contribution in [0.25, 0.3) is 0 Å². The summed E-state index contributed by atoms with van der Waals surface area (Å²) >= 11 is 0. The summed E-state index contributed by atoms with van der Waals surface area (Å²) in [5, 5.41) is 0. The van der Waals surface area contributed by atoms with E-state index in [1.807, 2.05) is 0 Å². The maximum atomic E-state index is 10.4. The summed E-state index contributed by atoms with van der Waals surface area (Å²) < 4.78 is 0. The lowest BCUT2D eigenvalue weighted by Crippen LogP contribution is -2.30. The number of primary amides is 1. The highest BCUT2D eigenvalue weighted by atomic mass is 16.1. The standard InChI is InChI=1S/C13H26N2.C12H25NO/c14-12-5-1-10(2-6-12)9-11-3-7-13(15)8-4-11;1-2-3-4-5-6-7-8-9-10-11-12(13)14/h10-13H,1-9,14-15H2;2-11H2,1H3,(H2,13,14). The molecule has 2 saturated carbocycles. The molecule has 0 aliphatic heterocycles. The molecular weight excluding hydrogens is 358 g/mol. The first kappa shape index (κ1) is 26.4. The number of hydrogen-bond acceptors (Lipinski definition) is 3. The van der Waals surface area contributed by atoms with Crippen LogP contribution in [0.2, 0.25) is 0 Å². The van der Waals surface area contributed by atoms with Gasteiger partial charge in [-0.15, -0.1) is 0 Å². The lowest BCUT2D eigenvalue weighted by molar-refractivity contribution is -0.118. The molecule has 0 aromatic rings. The van der Waals surface area contributed by atoms with E-state index in [1.54, 1.807) is 0 Å². The number of nitrogens with two attached hydrogens (primary N) is 3. The Morgan fingerprint density at radius 1 is 0.655 bits per heavy atom. The Kier molecular flexibility index (Phi) is 15.6. The Hall–Kier alpha value is -0.610. The molecule has 0 unspecified atom stereocenters. The molecular formula is C25H51N3O. The lowest BCUT2D eigenvalue weighted by Gasteiger charge is -2.32. The SMILES string of the molecule is CCCCCCCCCCCC(N)=O.NC1CCC(CC2CCC(N)CC2)CC1. The lowest BCUT2D eigenvalue weighted by atomic mass is 9.76. The van der Waals surface area contributed by atoms with E-state index in [-0.39, 0.29) is 5.91 Å². The molecule has 172 valence electrons. The highest BCUT2D eigenvalue weighted by molar-refractivity contribution is 5.73. The first-order chi connectivity index (χ1) is 14.0. The van der Waals surface area contributed by atoms with Crippen molar-refractivity contribution in [1.29, 1.82) is 0 Å². The topological polar surface area (TPSA) is 95.1 Å². The third-order valence-electron chi connectivity index (χ3n) is 6.98. The second kappa shape index (κ2) is 17.1. The van der Waals surface area contributed by atoms with Crippen molar-refractivity contribution in [3.63, 3.8) is 0 Å². The molecule has 0 atom stereocenters. The fourth-order valence-electron chi connectivity index (χ4n) is 4.93. The quantitative estimate of drug-likeness (QED) is 0.355. The zero-order chi connectivity index (χ0) is 21.3. The van der Waals surface area contributed by atoms with Gasteiger partial charge in [-0.2, -0.15) is 0 Å². The van der Waals surface area contributed by atoms with Gasteiger partial charge in [0.2, 0.25) is 5.91 Å². The van der Waals surface area contributed by atoms with Crippen molar-refractivity contribution in [3.05, 3.63) is 0 Å². The largest absolute Gasteiger partial charge is 0.370 e. The number of hydrogen-bond donors (Lipinski definition) is 3. The second-order valence-electron chi connectivity index (χ2n) is 9.84. The third-order valence-corrected chi connectivity index (χ3v) is 6.98. The molecule has 0 spiro atoms. The Balaban J connectivity index is 0.000000291. The highest BCUT2D eigenvalue weighted by Crippen LogP contribution is 2.34. The molecule has 0 aromatic heterocycles. The summed E-state index contributed by atoms with van der Waals surface area (Å²) in [6, 6.07) is 1.00. The van der Waals surface area contributed by atoms with Crippen molar-refractivity contribution in [3.8, 4) is 0 Å². The van der Waals surface area contributed by atoms with Gasteiger partial charge in [-0.1, -0.05) is 58.3 Å². The van der Waals surface area contributed by atoms with Gasteiger partial charge in [-0.25, -0.2) is 0 Å². The van der Waals surface area contributed by atoms with Crippen molar-refractivity contribution in [2.24, 2.45) is 29.0 Å². The fraction of sp³-hybridized carbons (Fsp3) is 0.960. The Morgan fingerprint density at radius 2 is 1.03 bits per heavy atom. The van der Waals surface area contributed by atoms with Crippen molar-refractivity contribution in [2.45, 2.75) is 141 Å². The smallest absolute Gasteiger partial charge is 0.217 e. The second-order valence-corrected chi connectivity index (χ2v) is 9.84. The van der Waals surface area contributed by atoms with Gasteiger partial charge in [0.1, 0.15) is 0 Å². The molecule has 0 aromatic carbocycles. The van der Waals surface area contributed by atoms with Crippen LogP contribution >= 0.6 is 0 Å². The van der Waals surface area contributed by atoms with Gasteiger partial charge in [0.05, 0.1) is 0 Å². The molecule has 2 rings (SSSR count). The van der Waals surface area contributed by atoms with Gasteiger partial charge in [0.25, 0.3) is 0 Å². The van der Waals surface area contributed by atoms with E-state index in [0.717, 1.165) is 24.7 Å². The Labute approximate surface area is 181 Å². The molecule has 4 heteroatoms. The van der Waals surface area contributed by atoms with Crippen LogP contribution in [0.5, 0.6) is 0 Å². The molecule has 4 nitrogen and oxygen atoms in total. The van der Waals surface area contributed by atoms with Crippen molar-refractivity contribution in [1.82, 2.24) is 0 Å². The van der Waals surface area contributed by atoms with Crippen molar-refractivity contribution in [2.75, 3.05) is 0 Å². The van der Waals surface area contributed by atoms with Crippen LogP contribution in [0.1, 0.15) is 129 Å². The minimum atomic E-state index is -0.159. The normalized spacial score (nSPS) is 27.1. The maximum Gasteiger partial charge on any atom is 0.217 e. The summed E-state index contributed by atoms with van der Waals surface area (Å²) in [6.07, 6.45) is 24.1. The van der Waals surface area contributed by atoms with E-state index in [2.05, 4.69) is 6.92 Å². The molecule has 0 heterocycles. The number of unbranched alkanes of at least 4 members (excludes halogenated alkanes) is 8. The third kappa shape index (κ3) is 14.9. The van der Waals surface area contributed by atoms with Gasteiger partial charge in [-0.05, 0) is 76.0 Å². The highest BCUT2D eigenvalue weighted by Gasteiger charge is 2.24. The van der Waals surface area contributed by atoms with Gasteiger partial charge in [0.15, 0.2) is 0 Å². The van der Waals surface area contributed by atoms with E-state index in [0.29, 0.717) is 18.5 Å². The van der Waals surface area contributed by atoms with E-state index in [9.17, 15) is 4.79 Å². The van der Waals surface area contributed by atoms with Gasteiger partial charge >= 0.3 is 0 Å². The van der Waals surface area contributed by atoms with E-state index in [4.69, 9.17) is 17.2 Å². The molecule has 1 amide bonds. The summed E-state index contributed by atoms with van der Waals surface area (Å²) in [7, 11) is 0. The average molecular weight is 410 g/mol. The average Bonchev–Trinajstić information content (AvgIpc) is 2.70. The molecule has 0 radical (unpaired) electrons. The van der Waals surface area contributed by atoms with E-state index >= 15 is 0 Å². The van der Waals surface area contributed by atoms with Gasteiger partial charge in [0, 0.05) is 18.5 Å². The number of amides is 1. The number of carbonyl (C=O) groups is 1. The Morgan fingerprint density at radius 3 is 1.41 bits per heavy atom. The summed E-state index contributed by atoms with van der Waals surface area (Å²) in [4.78, 5) is 10.4. The van der Waals surface area contributed by atoms with Crippen LogP contribution in [0.4, 0.5) is 0 Å². The summed E-state index contributed by atoms with van der Waals surface area (Å²) in [6.45, 7) is 2.24. The summed E-state index contributed by atoms with van der Waals surface area (Å²) in [5.74, 6) is 1.79. The van der Waals surface area contributed by atoms with Crippen LogP contribution < -0.4 is 17.2 Å². The van der Waals surface area contributed by atoms with Crippen LogP contribution in [0, 0.1) is 11.8 Å². The zero-order valence-corrected chi connectivity index (χ0v) is 19.4. The predicted octanol–water partition coefficient (Wildman–Crippen LogP) is 5.80. The minimum Gasteiger partial charge on any atom is -0.370 e. The number of rotatable bonds is 12. The first-order valence-electron chi connectivity index (χ1n) is 12.8. The molecule has 2 aliphatic rings. The first-order valence-corrected chi connectivity index (χ1v) is 12.8. The molecule has 0 saturated heterocycles. The zero-order valence-electron chi connectivity index (χ0n) is 19.4.